The number of hydrogen-bond acceptors (Lipinski definition) is 2. The molecule has 2 aromatic heterocycles. The van der Waals surface area contributed by atoms with E-state index in [-0.39, 0.29) is 5.91 Å². The van der Waals surface area contributed by atoms with Gasteiger partial charge in [-0.3, -0.25) is 9.78 Å². The molecule has 0 saturated heterocycles. The summed E-state index contributed by atoms with van der Waals surface area (Å²) < 4.78 is 0. The van der Waals surface area contributed by atoms with Gasteiger partial charge in [-0.25, -0.2) is 0 Å². The molecule has 0 atom stereocenters. The Bertz CT molecular complexity index is 792. The van der Waals surface area contributed by atoms with Gasteiger partial charge in [0.05, 0.1) is 12.2 Å². The molecule has 0 fully saturated rings. The molecule has 0 aliphatic heterocycles. The third-order valence-electron chi connectivity index (χ3n) is 3.75. The van der Waals surface area contributed by atoms with Crippen molar-refractivity contribution in [2.75, 3.05) is 6.54 Å². The highest BCUT2D eigenvalue weighted by Gasteiger charge is 2.18. The highest BCUT2D eigenvalue weighted by atomic mass is 16.2. The Morgan fingerprint density at radius 1 is 1.22 bits per heavy atom. The fourth-order valence-corrected chi connectivity index (χ4v) is 2.72. The van der Waals surface area contributed by atoms with Crippen LogP contribution in [0.25, 0.3) is 10.9 Å². The highest BCUT2D eigenvalue weighted by molar-refractivity contribution is 5.98. The molecule has 4 nitrogen and oxygen atoms in total. The van der Waals surface area contributed by atoms with E-state index in [9.17, 15) is 4.79 Å². The number of hydrogen-bond donors (Lipinski definition) is 1. The predicted octanol–water partition coefficient (Wildman–Crippen LogP) is 3.86. The first-order valence-electron chi connectivity index (χ1n) is 7.90. The average Bonchev–Trinajstić information content (AvgIpc) is 3.01. The molecule has 0 spiro atoms. The Morgan fingerprint density at radius 2 is 2.09 bits per heavy atom. The maximum Gasteiger partial charge on any atom is 0.254 e. The maximum absolute atomic E-state index is 12.9. The van der Waals surface area contributed by atoms with Crippen LogP contribution in [0.2, 0.25) is 0 Å². The molecule has 0 radical (unpaired) electrons. The summed E-state index contributed by atoms with van der Waals surface area (Å²) in [6.07, 6.45) is 3.65. The summed E-state index contributed by atoms with van der Waals surface area (Å²) in [4.78, 5) is 22.3. The lowest BCUT2D eigenvalue weighted by atomic mass is 10.1. The van der Waals surface area contributed by atoms with Gasteiger partial charge in [0.25, 0.3) is 5.91 Å². The summed E-state index contributed by atoms with van der Waals surface area (Å²) in [6.45, 7) is 5.48. The summed E-state index contributed by atoms with van der Waals surface area (Å²) >= 11 is 0. The van der Waals surface area contributed by atoms with Gasteiger partial charge < -0.3 is 9.88 Å². The molecular weight excluding hydrogens is 286 g/mol. The van der Waals surface area contributed by atoms with Crippen LogP contribution in [-0.4, -0.2) is 27.3 Å². The topological polar surface area (TPSA) is 49.0 Å². The number of benzene rings is 1. The zero-order valence-corrected chi connectivity index (χ0v) is 13.5. The van der Waals surface area contributed by atoms with Crippen molar-refractivity contribution >= 4 is 16.8 Å². The average molecular weight is 307 g/mol. The first-order chi connectivity index (χ1) is 11.1. The van der Waals surface area contributed by atoms with Crippen LogP contribution in [0.15, 0.2) is 54.9 Å². The standard InChI is InChI=1S/C19H21N3O/c1-14(2)12-22(13-17-5-3-4-9-20-17)19(23)16-6-7-18-15(11-16)8-10-21-18/h3-11,14,21H,12-13H2,1-2H3. The van der Waals surface area contributed by atoms with Crippen molar-refractivity contribution in [2.45, 2.75) is 20.4 Å². The zero-order chi connectivity index (χ0) is 16.2. The summed E-state index contributed by atoms with van der Waals surface area (Å²) in [6, 6.07) is 13.6. The molecule has 1 amide bonds. The number of nitrogens with zero attached hydrogens (tertiary/aromatic N) is 2. The molecule has 23 heavy (non-hydrogen) atoms. The van der Waals surface area contributed by atoms with Gasteiger partial charge in [-0.05, 0) is 42.3 Å². The van der Waals surface area contributed by atoms with E-state index < -0.39 is 0 Å². The Labute approximate surface area is 136 Å². The van der Waals surface area contributed by atoms with Gasteiger partial charge in [0.1, 0.15) is 0 Å². The van der Waals surface area contributed by atoms with Crippen molar-refractivity contribution in [3.63, 3.8) is 0 Å². The minimum absolute atomic E-state index is 0.0486. The third-order valence-corrected chi connectivity index (χ3v) is 3.75. The lowest BCUT2D eigenvalue weighted by Crippen LogP contribution is -2.34. The number of fused-ring (bicyclic) bond motifs is 1. The number of rotatable bonds is 5. The van der Waals surface area contributed by atoms with E-state index in [1.165, 1.54) is 0 Å². The number of aromatic amines is 1. The second-order valence-corrected chi connectivity index (χ2v) is 6.18. The highest BCUT2D eigenvalue weighted by Crippen LogP contribution is 2.17. The second-order valence-electron chi connectivity index (χ2n) is 6.18. The first kappa shape index (κ1) is 15.3. The van der Waals surface area contributed by atoms with Crippen molar-refractivity contribution in [1.29, 1.82) is 0 Å². The Kier molecular flexibility index (Phi) is 4.42. The normalized spacial score (nSPS) is 11.1. The monoisotopic (exact) mass is 307 g/mol. The molecule has 0 bridgehead atoms. The van der Waals surface area contributed by atoms with E-state index in [1.807, 2.05) is 53.6 Å². The lowest BCUT2D eigenvalue weighted by molar-refractivity contribution is 0.0720. The van der Waals surface area contributed by atoms with Crippen molar-refractivity contribution in [3.8, 4) is 0 Å². The van der Waals surface area contributed by atoms with E-state index in [0.29, 0.717) is 24.6 Å². The number of H-pyrrole nitrogens is 1. The molecule has 118 valence electrons. The minimum Gasteiger partial charge on any atom is -0.361 e. The minimum atomic E-state index is 0.0486. The smallest absolute Gasteiger partial charge is 0.254 e. The molecule has 4 heteroatoms. The fraction of sp³-hybridized carbons (Fsp3) is 0.263. The molecule has 1 N–H and O–H groups in total. The van der Waals surface area contributed by atoms with Crippen LogP contribution in [-0.2, 0) is 6.54 Å². The van der Waals surface area contributed by atoms with Crippen molar-refractivity contribution in [1.82, 2.24) is 14.9 Å². The molecular formula is C19H21N3O. The van der Waals surface area contributed by atoms with Crippen LogP contribution in [0, 0.1) is 5.92 Å². The molecule has 0 aliphatic carbocycles. The summed E-state index contributed by atoms with van der Waals surface area (Å²) in [5.41, 5.74) is 2.67. The number of pyridine rings is 1. The van der Waals surface area contributed by atoms with Crippen LogP contribution in [0.5, 0.6) is 0 Å². The van der Waals surface area contributed by atoms with Gasteiger partial charge in [0.15, 0.2) is 0 Å². The van der Waals surface area contributed by atoms with Crippen LogP contribution < -0.4 is 0 Å². The van der Waals surface area contributed by atoms with Gasteiger partial charge in [-0.1, -0.05) is 19.9 Å². The SMILES string of the molecule is CC(C)CN(Cc1ccccn1)C(=O)c1ccc2[nH]ccc2c1. The van der Waals surface area contributed by atoms with Gasteiger partial charge in [-0.2, -0.15) is 0 Å². The Hall–Kier alpha value is -2.62. The first-order valence-corrected chi connectivity index (χ1v) is 7.90. The van der Waals surface area contributed by atoms with E-state index in [0.717, 1.165) is 16.6 Å². The van der Waals surface area contributed by atoms with Crippen molar-refractivity contribution < 1.29 is 4.79 Å². The molecule has 2 heterocycles. The van der Waals surface area contributed by atoms with Crippen LogP contribution >= 0.6 is 0 Å². The Morgan fingerprint density at radius 3 is 2.83 bits per heavy atom. The van der Waals surface area contributed by atoms with Gasteiger partial charge in [0.2, 0.25) is 0 Å². The van der Waals surface area contributed by atoms with Crippen LogP contribution in [0.4, 0.5) is 0 Å². The number of amides is 1. The maximum atomic E-state index is 12.9. The number of carbonyl (C=O) groups is 1. The zero-order valence-electron chi connectivity index (χ0n) is 13.5. The second kappa shape index (κ2) is 6.65. The van der Waals surface area contributed by atoms with Crippen LogP contribution in [0.3, 0.4) is 0 Å². The summed E-state index contributed by atoms with van der Waals surface area (Å²) in [5.74, 6) is 0.450. The third kappa shape index (κ3) is 3.59. The molecule has 0 unspecified atom stereocenters. The number of nitrogens with one attached hydrogen (secondary N) is 1. The lowest BCUT2D eigenvalue weighted by Gasteiger charge is -2.24. The van der Waals surface area contributed by atoms with Gasteiger partial charge in [0, 0.05) is 35.4 Å². The van der Waals surface area contributed by atoms with Crippen molar-refractivity contribution in [2.24, 2.45) is 5.92 Å². The summed E-state index contributed by atoms with van der Waals surface area (Å²) in [5, 5.41) is 1.05. The Balaban J connectivity index is 1.86. The van der Waals surface area contributed by atoms with Crippen LogP contribution in [0.1, 0.15) is 29.9 Å². The molecule has 1 aromatic carbocycles. The predicted molar refractivity (Wildman–Crippen MR) is 92.1 cm³/mol. The van der Waals surface area contributed by atoms with E-state index in [2.05, 4.69) is 23.8 Å². The van der Waals surface area contributed by atoms with Gasteiger partial charge >= 0.3 is 0 Å². The summed E-state index contributed by atoms with van der Waals surface area (Å²) in [7, 11) is 0. The van der Waals surface area contributed by atoms with Gasteiger partial charge in [-0.15, -0.1) is 0 Å². The fourth-order valence-electron chi connectivity index (χ4n) is 2.72. The van der Waals surface area contributed by atoms with E-state index in [4.69, 9.17) is 0 Å². The van der Waals surface area contributed by atoms with Crippen molar-refractivity contribution in [3.05, 3.63) is 66.1 Å². The molecule has 0 aliphatic rings. The van der Waals surface area contributed by atoms with E-state index >= 15 is 0 Å². The largest absolute Gasteiger partial charge is 0.361 e. The molecule has 3 aromatic rings. The molecule has 0 saturated carbocycles. The number of carbonyl (C=O) groups excluding carboxylic acids is 1. The quantitative estimate of drug-likeness (QED) is 0.778. The molecule has 3 rings (SSSR count). The van der Waals surface area contributed by atoms with E-state index in [1.54, 1.807) is 6.20 Å². The number of aromatic nitrogens is 2.